The molecule has 18 heavy (non-hydrogen) atoms. The van der Waals surface area contributed by atoms with Crippen molar-refractivity contribution in [3.05, 3.63) is 17.5 Å². The van der Waals surface area contributed by atoms with Crippen LogP contribution in [0.5, 0.6) is 0 Å². The molecule has 0 radical (unpaired) electrons. The zero-order valence-corrected chi connectivity index (χ0v) is 11.1. The summed E-state index contributed by atoms with van der Waals surface area (Å²) < 4.78 is 5.00. The van der Waals surface area contributed by atoms with Crippen molar-refractivity contribution in [1.29, 1.82) is 0 Å². The Morgan fingerprint density at radius 1 is 1.67 bits per heavy atom. The summed E-state index contributed by atoms with van der Waals surface area (Å²) in [6.45, 7) is 4.42. The normalized spacial score (nSPS) is 19.8. The quantitative estimate of drug-likeness (QED) is 0.877. The Hall–Kier alpha value is -1.36. The van der Waals surface area contributed by atoms with E-state index in [1.807, 2.05) is 20.0 Å². The molecule has 2 rings (SSSR count). The van der Waals surface area contributed by atoms with Gasteiger partial charge >= 0.3 is 0 Å². The van der Waals surface area contributed by atoms with Crippen LogP contribution in [-0.2, 0) is 11.3 Å². The van der Waals surface area contributed by atoms with Gasteiger partial charge in [-0.05, 0) is 38.8 Å². The molecule has 0 bridgehead atoms. The van der Waals surface area contributed by atoms with Crippen molar-refractivity contribution in [3.8, 4) is 0 Å². The number of nitrogens with zero attached hydrogens (tertiary/aromatic N) is 2. The van der Waals surface area contributed by atoms with E-state index >= 15 is 0 Å². The number of aryl methyl sites for hydroxylation is 1. The lowest BCUT2D eigenvalue weighted by Gasteiger charge is -2.24. The lowest BCUT2D eigenvalue weighted by molar-refractivity contribution is -0.131. The Kier molecular flexibility index (Phi) is 4.36. The summed E-state index contributed by atoms with van der Waals surface area (Å²) in [5.41, 5.74) is 0.810. The van der Waals surface area contributed by atoms with E-state index in [4.69, 9.17) is 4.52 Å². The molecule has 1 amide bonds. The molecule has 0 aliphatic carbocycles. The highest BCUT2D eigenvalue weighted by molar-refractivity contribution is 5.76. The van der Waals surface area contributed by atoms with Crippen molar-refractivity contribution in [3.63, 3.8) is 0 Å². The van der Waals surface area contributed by atoms with Crippen LogP contribution in [0.15, 0.2) is 10.6 Å². The Morgan fingerprint density at radius 3 is 3.11 bits per heavy atom. The molecule has 1 fully saturated rings. The van der Waals surface area contributed by atoms with Gasteiger partial charge in [0.2, 0.25) is 5.91 Å². The summed E-state index contributed by atoms with van der Waals surface area (Å²) in [6, 6.07) is 1.87. The standard InChI is InChI=1S/C13H21N3O2/c1-10-6-12(15-18-10)9-16(2)13(17)7-11-4-3-5-14-8-11/h6,11,14H,3-5,7-9H2,1-2H3. The monoisotopic (exact) mass is 251 g/mol. The van der Waals surface area contributed by atoms with E-state index < -0.39 is 0 Å². The molecule has 1 aromatic rings. The molecule has 1 saturated heterocycles. The van der Waals surface area contributed by atoms with Gasteiger partial charge in [-0.1, -0.05) is 5.16 Å². The van der Waals surface area contributed by atoms with E-state index in [0.717, 1.165) is 31.0 Å². The predicted molar refractivity (Wildman–Crippen MR) is 67.9 cm³/mol. The maximum atomic E-state index is 12.1. The van der Waals surface area contributed by atoms with Crippen LogP contribution in [0.3, 0.4) is 0 Å². The molecule has 1 unspecified atom stereocenters. The van der Waals surface area contributed by atoms with Crippen molar-refractivity contribution in [2.45, 2.75) is 32.7 Å². The molecular formula is C13H21N3O2. The molecule has 0 spiro atoms. The minimum atomic E-state index is 0.185. The van der Waals surface area contributed by atoms with Crippen molar-refractivity contribution in [2.75, 3.05) is 20.1 Å². The van der Waals surface area contributed by atoms with Gasteiger partial charge in [0, 0.05) is 19.5 Å². The molecule has 0 saturated carbocycles. The number of carbonyl (C=O) groups is 1. The number of aromatic nitrogens is 1. The maximum Gasteiger partial charge on any atom is 0.222 e. The largest absolute Gasteiger partial charge is 0.361 e. The molecule has 5 nitrogen and oxygen atoms in total. The van der Waals surface area contributed by atoms with Crippen LogP contribution in [0.1, 0.15) is 30.7 Å². The number of hydrogen-bond acceptors (Lipinski definition) is 4. The highest BCUT2D eigenvalue weighted by Gasteiger charge is 2.19. The Labute approximate surface area is 108 Å². The molecule has 1 N–H and O–H groups in total. The van der Waals surface area contributed by atoms with Crippen molar-refractivity contribution in [1.82, 2.24) is 15.4 Å². The number of amides is 1. The van der Waals surface area contributed by atoms with E-state index in [0.29, 0.717) is 18.9 Å². The predicted octanol–water partition coefficient (Wildman–Crippen LogP) is 1.33. The fourth-order valence-electron chi connectivity index (χ4n) is 2.32. The van der Waals surface area contributed by atoms with Gasteiger partial charge < -0.3 is 14.7 Å². The smallest absolute Gasteiger partial charge is 0.222 e. The van der Waals surface area contributed by atoms with Crippen molar-refractivity contribution in [2.24, 2.45) is 5.92 Å². The van der Waals surface area contributed by atoms with Crippen LogP contribution >= 0.6 is 0 Å². The Bertz CT molecular complexity index is 397. The number of rotatable bonds is 4. The van der Waals surface area contributed by atoms with E-state index in [1.165, 1.54) is 6.42 Å². The highest BCUT2D eigenvalue weighted by Crippen LogP contribution is 2.15. The van der Waals surface area contributed by atoms with Gasteiger partial charge in [-0.25, -0.2) is 0 Å². The van der Waals surface area contributed by atoms with Crippen LogP contribution < -0.4 is 5.32 Å². The molecule has 5 heteroatoms. The van der Waals surface area contributed by atoms with Gasteiger partial charge in [0.15, 0.2) is 0 Å². The first-order valence-corrected chi connectivity index (χ1v) is 6.52. The number of hydrogen-bond donors (Lipinski definition) is 1. The summed E-state index contributed by atoms with van der Waals surface area (Å²) >= 11 is 0. The first kappa shape index (κ1) is 13.1. The number of nitrogens with one attached hydrogen (secondary N) is 1. The second kappa shape index (κ2) is 6.00. The summed E-state index contributed by atoms with van der Waals surface area (Å²) in [5.74, 6) is 1.44. The first-order chi connectivity index (χ1) is 8.65. The lowest BCUT2D eigenvalue weighted by atomic mass is 9.96. The van der Waals surface area contributed by atoms with Gasteiger partial charge in [0.25, 0.3) is 0 Å². The van der Waals surface area contributed by atoms with E-state index in [1.54, 1.807) is 4.90 Å². The van der Waals surface area contributed by atoms with Gasteiger partial charge in [-0.2, -0.15) is 0 Å². The summed E-state index contributed by atoms with van der Waals surface area (Å²) in [5, 5.41) is 7.24. The van der Waals surface area contributed by atoms with Crippen molar-refractivity contribution >= 4 is 5.91 Å². The number of piperidine rings is 1. The van der Waals surface area contributed by atoms with E-state index in [9.17, 15) is 4.79 Å². The fraction of sp³-hybridized carbons (Fsp3) is 0.692. The molecule has 0 aromatic carbocycles. The summed E-state index contributed by atoms with van der Waals surface area (Å²) in [4.78, 5) is 13.8. The highest BCUT2D eigenvalue weighted by atomic mass is 16.5. The molecule has 2 heterocycles. The van der Waals surface area contributed by atoms with Crippen molar-refractivity contribution < 1.29 is 9.32 Å². The average Bonchev–Trinajstić information content (AvgIpc) is 2.76. The van der Waals surface area contributed by atoms with E-state index in [2.05, 4.69) is 10.5 Å². The van der Waals surface area contributed by atoms with Gasteiger partial charge in [-0.15, -0.1) is 0 Å². The summed E-state index contributed by atoms with van der Waals surface area (Å²) in [7, 11) is 1.82. The topological polar surface area (TPSA) is 58.4 Å². The second-order valence-corrected chi connectivity index (χ2v) is 5.10. The zero-order valence-electron chi connectivity index (χ0n) is 11.1. The van der Waals surface area contributed by atoms with Crippen LogP contribution in [0.25, 0.3) is 0 Å². The minimum absolute atomic E-state index is 0.185. The molecule has 1 atom stereocenters. The second-order valence-electron chi connectivity index (χ2n) is 5.10. The third-order valence-corrected chi connectivity index (χ3v) is 3.36. The van der Waals surface area contributed by atoms with Crippen LogP contribution in [0.4, 0.5) is 0 Å². The fourth-order valence-corrected chi connectivity index (χ4v) is 2.32. The number of carbonyl (C=O) groups excluding carboxylic acids is 1. The third-order valence-electron chi connectivity index (χ3n) is 3.36. The average molecular weight is 251 g/mol. The third kappa shape index (κ3) is 3.57. The molecular weight excluding hydrogens is 230 g/mol. The van der Waals surface area contributed by atoms with Gasteiger partial charge in [0.1, 0.15) is 11.5 Å². The minimum Gasteiger partial charge on any atom is -0.361 e. The first-order valence-electron chi connectivity index (χ1n) is 6.52. The Morgan fingerprint density at radius 2 is 2.50 bits per heavy atom. The van der Waals surface area contributed by atoms with Gasteiger partial charge in [-0.3, -0.25) is 4.79 Å². The van der Waals surface area contributed by atoms with Crippen LogP contribution in [0.2, 0.25) is 0 Å². The molecule has 100 valence electrons. The zero-order chi connectivity index (χ0) is 13.0. The van der Waals surface area contributed by atoms with E-state index in [-0.39, 0.29) is 5.91 Å². The molecule has 1 aliphatic heterocycles. The maximum absolute atomic E-state index is 12.1. The lowest BCUT2D eigenvalue weighted by Crippen LogP contribution is -2.34. The van der Waals surface area contributed by atoms with Crippen LogP contribution in [0, 0.1) is 12.8 Å². The summed E-state index contributed by atoms with van der Waals surface area (Å²) in [6.07, 6.45) is 2.94. The van der Waals surface area contributed by atoms with Gasteiger partial charge in [0.05, 0.1) is 6.54 Å². The Balaban J connectivity index is 1.80. The van der Waals surface area contributed by atoms with Crippen LogP contribution in [-0.4, -0.2) is 36.1 Å². The molecule has 1 aliphatic rings. The molecule has 1 aromatic heterocycles. The SMILES string of the molecule is Cc1cc(CN(C)C(=O)CC2CCCNC2)no1.